The Bertz CT molecular complexity index is 580. The zero-order valence-electron chi connectivity index (χ0n) is 8.93. The zero-order chi connectivity index (χ0) is 11.7. The largest absolute Gasteiger partial charge is 0.457 e. The molecule has 1 aliphatic heterocycles. The molecule has 0 N–H and O–H groups in total. The second kappa shape index (κ2) is 4.26. The minimum atomic E-state index is 0.702. The molecular weight excluding hydrogens is 232 g/mol. The van der Waals surface area contributed by atoms with Crippen molar-refractivity contribution < 1.29 is 4.74 Å². The van der Waals surface area contributed by atoms with Crippen molar-refractivity contribution in [3.63, 3.8) is 0 Å². The van der Waals surface area contributed by atoms with Gasteiger partial charge in [0.15, 0.2) is 0 Å². The summed E-state index contributed by atoms with van der Waals surface area (Å²) in [4.78, 5) is 4.09. The lowest BCUT2D eigenvalue weighted by Gasteiger charge is -2.07. The molecule has 2 nitrogen and oxygen atoms in total. The second-order valence-electron chi connectivity index (χ2n) is 3.75. The standard InChI is InChI=1S/C13H8BClNO/c15-10-2-5-11(6-3-10)17-12-4-1-9-8-16-14-13(9)7-12/h1-8H. The Morgan fingerprint density at radius 3 is 2.59 bits per heavy atom. The first-order chi connectivity index (χ1) is 8.31. The average Bonchev–Trinajstić information content (AvgIpc) is 2.79. The molecule has 1 radical (unpaired) electrons. The third-order valence-corrected chi connectivity index (χ3v) is 2.79. The monoisotopic (exact) mass is 240 g/mol. The smallest absolute Gasteiger partial charge is 0.312 e. The van der Waals surface area contributed by atoms with Crippen LogP contribution < -0.4 is 10.2 Å². The fraction of sp³-hybridized carbons (Fsp3) is 0. The molecular formula is C13H8BClNO. The van der Waals surface area contributed by atoms with E-state index in [9.17, 15) is 0 Å². The summed E-state index contributed by atoms with van der Waals surface area (Å²) in [5.41, 5.74) is 2.20. The van der Waals surface area contributed by atoms with Crippen molar-refractivity contribution in [3.05, 3.63) is 53.1 Å². The van der Waals surface area contributed by atoms with Crippen LogP contribution in [-0.2, 0) is 0 Å². The van der Waals surface area contributed by atoms with Gasteiger partial charge < -0.3 is 9.64 Å². The van der Waals surface area contributed by atoms with Crippen molar-refractivity contribution in [1.29, 1.82) is 0 Å². The quantitative estimate of drug-likeness (QED) is 0.740. The van der Waals surface area contributed by atoms with Gasteiger partial charge in [-0.15, -0.1) is 0 Å². The van der Waals surface area contributed by atoms with E-state index < -0.39 is 0 Å². The number of halogens is 1. The molecule has 0 spiro atoms. The first-order valence-electron chi connectivity index (χ1n) is 5.25. The normalized spacial score (nSPS) is 12.1. The first-order valence-corrected chi connectivity index (χ1v) is 5.63. The van der Waals surface area contributed by atoms with E-state index in [-0.39, 0.29) is 0 Å². The molecule has 0 saturated carbocycles. The summed E-state index contributed by atoms with van der Waals surface area (Å²) in [7, 11) is 1.82. The van der Waals surface area contributed by atoms with E-state index in [2.05, 4.69) is 4.90 Å². The highest BCUT2D eigenvalue weighted by Gasteiger charge is 2.09. The van der Waals surface area contributed by atoms with Crippen LogP contribution in [0.1, 0.15) is 5.56 Å². The van der Waals surface area contributed by atoms with Crippen molar-refractivity contribution in [3.8, 4) is 11.5 Å². The van der Waals surface area contributed by atoms with E-state index in [0.29, 0.717) is 5.02 Å². The number of benzene rings is 2. The Labute approximate surface area is 105 Å². The van der Waals surface area contributed by atoms with Crippen molar-refractivity contribution >= 4 is 30.7 Å². The summed E-state index contributed by atoms with van der Waals surface area (Å²) >= 11 is 5.81. The van der Waals surface area contributed by atoms with Gasteiger partial charge in [0.25, 0.3) is 0 Å². The number of rotatable bonds is 2. The molecule has 0 fully saturated rings. The van der Waals surface area contributed by atoms with Gasteiger partial charge in [0, 0.05) is 11.2 Å². The van der Waals surface area contributed by atoms with Crippen molar-refractivity contribution in [2.24, 2.45) is 4.90 Å². The SMILES string of the molecule is Clc1ccc(Oc2ccc3c(c2)[B]N=C3)cc1. The Morgan fingerprint density at radius 1 is 1.00 bits per heavy atom. The molecule has 2 aromatic rings. The van der Waals surface area contributed by atoms with E-state index >= 15 is 0 Å². The van der Waals surface area contributed by atoms with Crippen LogP contribution in [0.3, 0.4) is 0 Å². The number of hydrogen-bond donors (Lipinski definition) is 0. The molecule has 1 heterocycles. The van der Waals surface area contributed by atoms with Crippen LogP contribution in [0.5, 0.6) is 11.5 Å². The third-order valence-electron chi connectivity index (χ3n) is 2.53. The Kier molecular flexibility index (Phi) is 2.61. The molecule has 0 atom stereocenters. The van der Waals surface area contributed by atoms with Gasteiger partial charge in [-0.2, -0.15) is 0 Å². The van der Waals surface area contributed by atoms with Crippen LogP contribution in [0, 0.1) is 0 Å². The van der Waals surface area contributed by atoms with Gasteiger partial charge in [0.1, 0.15) is 11.5 Å². The first kappa shape index (κ1) is 10.4. The number of hydrogen-bond acceptors (Lipinski definition) is 2. The molecule has 81 valence electrons. The molecule has 17 heavy (non-hydrogen) atoms. The van der Waals surface area contributed by atoms with Crippen LogP contribution >= 0.6 is 11.6 Å². The minimum Gasteiger partial charge on any atom is -0.457 e. The lowest BCUT2D eigenvalue weighted by atomic mass is 9.84. The van der Waals surface area contributed by atoms with Crippen LogP contribution in [0.2, 0.25) is 5.02 Å². The predicted molar refractivity (Wildman–Crippen MR) is 71.0 cm³/mol. The number of ether oxygens (including phenoxy) is 1. The summed E-state index contributed by atoms with van der Waals surface area (Å²) in [5, 5.41) is 0.702. The Hall–Kier alpha value is -1.74. The van der Waals surface area contributed by atoms with E-state index in [1.807, 2.05) is 44.0 Å². The molecule has 2 aromatic carbocycles. The van der Waals surface area contributed by atoms with Gasteiger partial charge in [0.05, 0.1) is 0 Å². The topological polar surface area (TPSA) is 21.6 Å². The Morgan fingerprint density at radius 2 is 1.76 bits per heavy atom. The summed E-state index contributed by atoms with van der Waals surface area (Å²) in [5.74, 6) is 1.57. The maximum Gasteiger partial charge on any atom is 0.312 e. The van der Waals surface area contributed by atoms with Gasteiger partial charge in [-0.1, -0.05) is 17.7 Å². The predicted octanol–water partition coefficient (Wildman–Crippen LogP) is 2.81. The zero-order valence-corrected chi connectivity index (χ0v) is 9.69. The molecule has 0 saturated heterocycles. The van der Waals surface area contributed by atoms with Crippen LogP contribution in [0.25, 0.3) is 0 Å². The van der Waals surface area contributed by atoms with E-state index in [1.54, 1.807) is 12.1 Å². The summed E-state index contributed by atoms with van der Waals surface area (Å²) in [6, 6.07) is 13.2. The number of fused-ring (bicyclic) bond motifs is 1. The molecule has 0 amide bonds. The van der Waals surface area contributed by atoms with Crippen molar-refractivity contribution in [1.82, 2.24) is 0 Å². The van der Waals surface area contributed by atoms with Gasteiger partial charge in [-0.25, -0.2) is 0 Å². The van der Waals surface area contributed by atoms with Crippen LogP contribution in [0.4, 0.5) is 0 Å². The fourth-order valence-electron chi connectivity index (χ4n) is 1.68. The second-order valence-corrected chi connectivity index (χ2v) is 4.19. The van der Waals surface area contributed by atoms with Crippen LogP contribution in [0.15, 0.2) is 47.4 Å². The van der Waals surface area contributed by atoms with E-state index in [0.717, 1.165) is 22.5 Å². The fourth-order valence-corrected chi connectivity index (χ4v) is 1.81. The summed E-state index contributed by atoms with van der Waals surface area (Å²) in [6.45, 7) is 0. The third kappa shape index (κ3) is 2.20. The highest BCUT2D eigenvalue weighted by molar-refractivity contribution is 6.57. The maximum absolute atomic E-state index is 5.81. The van der Waals surface area contributed by atoms with Crippen molar-refractivity contribution in [2.75, 3.05) is 0 Å². The summed E-state index contributed by atoms with van der Waals surface area (Å²) in [6.07, 6.45) is 1.83. The Balaban J connectivity index is 1.84. The lowest BCUT2D eigenvalue weighted by Crippen LogP contribution is -2.11. The van der Waals surface area contributed by atoms with Gasteiger partial charge >= 0.3 is 7.41 Å². The average molecular weight is 240 g/mol. The highest BCUT2D eigenvalue weighted by atomic mass is 35.5. The van der Waals surface area contributed by atoms with Crippen LogP contribution in [-0.4, -0.2) is 13.6 Å². The van der Waals surface area contributed by atoms with Gasteiger partial charge in [-0.05, 0) is 47.4 Å². The molecule has 4 heteroatoms. The lowest BCUT2D eigenvalue weighted by molar-refractivity contribution is 0.483. The van der Waals surface area contributed by atoms with Gasteiger partial charge in [0.2, 0.25) is 0 Å². The molecule has 3 rings (SSSR count). The highest BCUT2D eigenvalue weighted by Crippen LogP contribution is 2.22. The molecule has 0 aliphatic carbocycles. The summed E-state index contributed by atoms with van der Waals surface area (Å²) < 4.78 is 5.72. The number of nitrogens with zero attached hydrogens (tertiary/aromatic N) is 1. The minimum absolute atomic E-state index is 0.702. The molecule has 0 bridgehead atoms. The molecule has 0 aromatic heterocycles. The maximum atomic E-state index is 5.81. The molecule has 0 unspecified atom stereocenters. The molecule has 1 aliphatic rings. The van der Waals surface area contributed by atoms with E-state index in [4.69, 9.17) is 16.3 Å². The van der Waals surface area contributed by atoms with E-state index in [1.165, 1.54) is 0 Å². The van der Waals surface area contributed by atoms with Gasteiger partial charge in [-0.3, -0.25) is 0 Å². The van der Waals surface area contributed by atoms with Crippen molar-refractivity contribution in [2.45, 2.75) is 0 Å².